The molecular weight excluding hydrogens is 424 g/mol. The van der Waals surface area contributed by atoms with Crippen LogP contribution in [0.1, 0.15) is 48.1 Å². The second-order valence-corrected chi connectivity index (χ2v) is 9.83. The number of nitrogens with zero attached hydrogens (tertiary/aromatic N) is 1. The van der Waals surface area contributed by atoms with Crippen LogP contribution in [0.4, 0.5) is 0 Å². The van der Waals surface area contributed by atoms with Crippen LogP contribution in [0.15, 0.2) is 52.4 Å². The van der Waals surface area contributed by atoms with Crippen molar-refractivity contribution in [3.63, 3.8) is 0 Å². The van der Waals surface area contributed by atoms with Crippen LogP contribution in [-0.2, 0) is 21.4 Å². The first-order valence-corrected chi connectivity index (χ1v) is 12.3. The van der Waals surface area contributed by atoms with Gasteiger partial charge in [-0.2, -0.15) is 0 Å². The van der Waals surface area contributed by atoms with Gasteiger partial charge in [0.1, 0.15) is 5.84 Å². The Hall–Kier alpha value is -3.13. The number of hydrogen-bond acceptors (Lipinski definition) is 4. The van der Waals surface area contributed by atoms with E-state index in [1.165, 1.54) is 16.6 Å². The number of aromatic nitrogens is 1. The molecule has 3 aromatic rings. The summed E-state index contributed by atoms with van der Waals surface area (Å²) in [6, 6.07) is 13.1. The normalized spacial score (nSPS) is 15.6. The number of hydrogen-bond donors (Lipinski definition) is 3. The van der Waals surface area contributed by atoms with Gasteiger partial charge in [0.25, 0.3) is 10.0 Å². The third-order valence-corrected chi connectivity index (χ3v) is 7.25. The first-order valence-electron chi connectivity index (χ1n) is 10.9. The van der Waals surface area contributed by atoms with E-state index in [4.69, 9.17) is 0 Å². The molecular formula is C24H28N4O3S. The number of unbranched alkanes of at least 4 members (excludes halogenated alkanes) is 2. The average molecular weight is 453 g/mol. The highest BCUT2D eigenvalue weighted by atomic mass is 32.2. The fraction of sp³-hybridized carbons (Fsp3) is 0.333. The van der Waals surface area contributed by atoms with Gasteiger partial charge in [-0.15, -0.1) is 0 Å². The molecule has 3 N–H and O–H groups in total. The van der Waals surface area contributed by atoms with E-state index in [1.807, 2.05) is 6.07 Å². The molecule has 0 radical (unpaired) electrons. The van der Waals surface area contributed by atoms with Gasteiger partial charge in [-0.05, 0) is 62.1 Å². The number of aliphatic imine (C=N–C) groups is 1. The SMILES string of the molecule is Cc1[nH]c2ccc(CNC(=O)CCCCCN=C3NS(=O)(=O)c4ccccc43)cc2c1C. The van der Waals surface area contributed by atoms with E-state index in [0.29, 0.717) is 30.9 Å². The van der Waals surface area contributed by atoms with Crippen molar-refractivity contribution in [3.05, 3.63) is 64.8 Å². The van der Waals surface area contributed by atoms with Crippen molar-refractivity contribution >= 4 is 32.7 Å². The Balaban J connectivity index is 1.19. The topological polar surface area (TPSA) is 103 Å². The Labute approximate surface area is 188 Å². The minimum absolute atomic E-state index is 0.0378. The molecule has 1 amide bonds. The molecule has 32 heavy (non-hydrogen) atoms. The Morgan fingerprint density at radius 2 is 1.88 bits per heavy atom. The number of sulfonamides is 1. The lowest BCUT2D eigenvalue weighted by atomic mass is 10.1. The highest BCUT2D eigenvalue weighted by molar-refractivity contribution is 7.90. The zero-order chi connectivity index (χ0) is 22.7. The largest absolute Gasteiger partial charge is 0.358 e. The summed E-state index contributed by atoms with van der Waals surface area (Å²) < 4.78 is 26.7. The average Bonchev–Trinajstić information content (AvgIpc) is 3.21. The molecule has 1 aliphatic rings. The minimum Gasteiger partial charge on any atom is -0.358 e. The number of H-pyrrole nitrogens is 1. The van der Waals surface area contributed by atoms with E-state index in [1.54, 1.807) is 24.3 Å². The van der Waals surface area contributed by atoms with Crippen LogP contribution in [0.5, 0.6) is 0 Å². The fourth-order valence-electron chi connectivity index (χ4n) is 3.92. The van der Waals surface area contributed by atoms with Crippen LogP contribution in [0.3, 0.4) is 0 Å². The van der Waals surface area contributed by atoms with E-state index < -0.39 is 10.0 Å². The van der Waals surface area contributed by atoms with Crippen LogP contribution in [0.25, 0.3) is 10.9 Å². The molecule has 8 heteroatoms. The van der Waals surface area contributed by atoms with Gasteiger partial charge in [0.2, 0.25) is 5.91 Å². The van der Waals surface area contributed by atoms with E-state index in [-0.39, 0.29) is 10.8 Å². The third-order valence-electron chi connectivity index (χ3n) is 5.86. The molecule has 168 valence electrons. The summed E-state index contributed by atoms with van der Waals surface area (Å²) >= 11 is 0. The highest BCUT2D eigenvalue weighted by Crippen LogP contribution is 2.23. The maximum absolute atomic E-state index is 12.2. The number of fused-ring (bicyclic) bond motifs is 2. The van der Waals surface area contributed by atoms with Crippen LogP contribution < -0.4 is 10.0 Å². The summed E-state index contributed by atoms with van der Waals surface area (Å²) in [5, 5.41) is 4.19. The van der Waals surface area contributed by atoms with Gasteiger partial charge in [0.05, 0.1) is 4.90 Å². The summed E-state index contributed by atoms with van der Waals surface area (Å²) in [6.07, 6.45) is 2.89. The number of aromatic amines is 1. The summed E-state index contributed by atoms with van der Waals surface area (Å²) in [4.78, 5) is 20.2. The second-order valence-electron chi connectivity index (χ2n) is 8.17. The standard InChI is InChI=1S/C24H28N4O3S/c1-16-17(2)27-21-12-11-18(14-20(16)21)15-26-23(29)10-4-3-7-13-25-24-19-8-5-6-9-22(19)32(30,31)28-24/h5-6,8-9,11-12,14,27H,3-4,7,10,13,15H2,1-2H3,(H,25,28)(H,26,29). The lowest BCUT2D eigenvalue weighted by Crippen LogP contribution is -2.22. The van der Waals surface area contributed by atoms with Gasteiger partial charge < -0.3 is 10.3 Å². The van der Waals surface area contributed by atoms with Crippen LogP contribution in [0, 0.1) is 13.8 Å². The molecule has 7 nitrogen and oxygen atoms in total. The van der Waals surface area contributed by atoms with Crippen LogP contribution >= 0.6 is 0 Å². The fourth-order valence-corrected chi connectivity index (χ4v) is 5.17. The predicted octanol–water partition coefficient (Wildman–Crippen LogP) is 3.70. The molecule has 1 aromatic heterocycles. The van der Waals surface area contributed by atoms with Crippen molar-refractivity contribution in [2.45, 2.75) is 51.0 Å². The number of amides is 1. The summed E-state index contributed by atoms with van der Waals surface area (Å²) in [6.45, 7) is 5.20. The quantitative estimate of drug-likeness (QED) is 0.454. The predicted molar refractivity (Wildman–Crippen MR) is 126 cm³/mol. The Morgan fingerprint density at radius 3 is 2.72 bits per heavy atom. The number of carbonyl (C=O) groups excluding carboxylic acids is 1. The Morgan fingerprint density at radius 1 is 1.06 bits per heavy atom. The smallest absolute Gasteiger partial charge is 0.263 e. The number of rotatable bonds is 8. The summed E-state index contributed by atoms with van der Waals surface area (Å²) in [5.41, 5.74) is 5.23. The molecule has 0 spiro atoms. The first kappa shape index (κ1) is 22.1. The van der Waals surface area contributed by atoms with Crippen molar-refractivity contribution < 1.29 is 13.2 Å². The molecule has 0 atom stereocenters. The zero-order valence-corrected chi connectivity index (χ0v) is 19.2. The molecule has 4 rings (SSSR count). The van der Waals surface area contributed by atoms with Gasteiger partial charge in [0, 0.05) is 41.7 Å². The highest BCUT2D eigenvalue weighted by Gasteiger charge is 2.29. The third kappa shape index (κ3) is 4.70. The summed E-state index contributed by atoms with van der Waals surface area (Å²) in [5.74, 6) is 0.444. The van der Waals surface area contributed by atoms with Crippen molar-refractivity contribution in [1.29, 1.82) is 0 Å². The van der Waals surface area contributed by atoms with Gasteiger partial charge in [-0.1, -0.05) is 24.6 Å². The maximum Gasteiger partial charge on any atom is 0.263 e. The van der Waals surface area contributed by atoms with Gasteiger partial charge >= 0.3 is 0 Å². The molecule has 0 unspecified atom stereocenters. The van der Waals surface area contributed by atoms with Gasteiger partial charge in [-0.25, -0.2) is 8.42 Å². The number of benzene rings is 2. The van der Waals surface area contributed by atoms with Gasteiger partial charge in [0.15, 0.2) is 0 Å². The summed E-state index contributed by atoms with van der Waals surface area (Å²) in [7, 11) is -3.49. The molecule has 2 heterocycles. The molecule has 0 bridgehead atoms. The van der Waals surface area contributed by atoms with Crippen molar-refractivity contribution in [3.8, 4) is 0 Å². The molecule has 2 aromatic carbocycles. The van der Waals surface area contributed by atoms with Gasteiger partial charge in [-0.3, -0.25) is 14.5 Å². The monoisotopic (exact) mass is 452 g/mol. The number of nitrogens with one attached hydrogen (secondary N) is 3. The minimum atomic E-state index is -3.49. The van der Waals surface area contributed by atoms with Crippen LogP contribution in [0.2, 0.25) is 0 Å². The van der Waals surface area contributed by atoms with E-state index >= 15 is 0 Å². The number of aryl methyl sites for hydroxylation is 2. The van der Waals surface area contributed by atoms with Crippen molar-refractivity contribution in [1.82, 2.24) is 15.0 Å². The lowest BCUT2D eigenvalue weighted by molar-refractivity contribution is -0.121. The van der Waals surface area contributed by atoms with E-state index in [0.717, 1.165) is 30.3 Å². The van der Waals surface area contributed by atoms with E-state index in [2.05, 4.69) is 46.0 Å². The second kappa shape index (κ2) is 9.16. The first-order chi connectivity index (χ1) is 15.3. The molecule has 0 saturated carbocycles. The lowest BCUT2D eigenvalue weighted by Gasteiger charge is -2.06. The molecule has 0 fully saturated rings. The molecule has 0 saturated heterocycles. The number of carbonyl (C=O) groups is 1. The molecule has 0 aliphatic carbocycles. The van der Waals surface area contributed by atoms with Crippen molar-refractivity contribution in [2.24, 2.45) is 4.99 Å². The Kier molecular flexibility index (Phi) is 6.32. The van der Waals surface area contributed by atoms with Crippen molar-refractivity contribution in [2.75, 3.05) is 6.54 Å². The van der Waals surface area contributed by atoms with E-state index in [9.17, 15) is 13.2 Å². The molecule has 1 aliphatic heterocycles. The van der Waals surface area contributed by atoms with Crippen LogP contribution in [-0.4, -0.2) is 31.7 Å². The zero-order valence-electron chi connectivity index (χ0n) is 18.4. The Bertz CT molecular complexity index is 1290. The number of amidine groups is 1. The maximum atomic E-state index is 12.2.